The topological polar surface area (TPSA) is 46.5 Å². The Kier molecular flexibility index (Phi) is 3.92. The first-order valence-electron chi connectivity index (χ1n) is 8.07. The Bertz CT molecular complexity index is 527. The molecular formula is C18H24O3. The maximum atomic E-state index is 11.8. The maximum Gasteiger partial charge on any atom is 0.309 e. The molecule has 0 radical (unpaired) electrons. The molecule has 0 amide bonds. The average Bonchev–Trinajstić information content (AvgIpc) is 2.94. The lowest BCUT2D eigenvalue weighted by Crippen LogP contribution is -2.35. The SMILES string of the molecule is CC1CCC(CCc2ccc3c(c2)CCO3)(C(=O)O)CC1. The standard InChI is InChI=1S/C18H24O3/c1-13-4-8-18(9-5-13,17(19)20)10-6-14-2-3-16-15(12-14)7-11-21-16/h2-3,12-13H,4-11H2,1H3,(H,19,20). The van der Waals surface area contributed by atoms with Gasteiger partial charge in [0.05, 0.1) is 12.0 Å². The molecule has 1 saturated carbocycles. The van der Waals surface area contributed by atoms with Crippen LogP contribution in [-0.4, -0.2) is 17.7 Å². The van der Waals surface area contributed by atoms with E-state index < -0.39 is 11.4 Å². The van der Waals surface area contributed by atoms with Crippen LogP contribution in [-0.2, 0) is 17.6 Å². The van der Waals surface area contributed by atoms with Crippen molar-refractivity contribution in [2.75, 3.05) is 6.61 Å². The van der Waals surface area contributed by atoms with Crippen molar-refractivity contribution in [1.82, 2.24) is 0 Å². The van der Waals surface area contributed by atoms with Gasteiger partial charge in [0.2, 0.25) is 0 Å². The second-order valence-corrected chi connectivity index (χ2v) is 6.81. The fourth-order valence-electron chi connectivity index (χ4n) is 3.66. The number of hydrogen-bond donors (Lipinski definition) is 1. The lowest BCUT2D eigenvalue weighted by molar-refractivity contribution is -0.152. The zero-order valence-corrected chi connectivity index (χ0v) is 12.7. The van der Waals surface area contributed by atoms with Crippen molar-refractivity contribution in [1.29, 1.82) is 0 Å². The van der Waals surface area contributed by atoms with Gasteiger partial charge in [0.25, 0.3) is 0 Å². The summed E-state index contributed by atoms with van der Waals surface area (Å²) in [6.07, 6.45) is 6.34. The van der Waals surface area contributed by atoms with Gasteiger partial charge in [-0.3, -0.25) is 4.79 Å². The van der Waals surface area contributed by atoms with E-state index in [0.29, 0.717) is 5.92 Å². The molecule has 2 aliphatic rings. The van der Waals surface area contributed by atoms with E-state index in [1.165, 1.54) is 11.1 Å². The number of benzene rings is 1. The quantitative estimate of drug-likeness (QED) is 0.915. The van der Waals surface area contributed by atoms with E-state index in [1.807, 2.05) is 6.07 Å². The van der Waals surface area contributed by atoms with Gasteiger partial charge in [-0.25, -0.2) is 0 Å². The minimum absolute atomic E-state index is 0.498. The van der Waals surface area contributed by atoms with Gasteiger partial charge < -0.3 is 9.84 Å². The number of hydrogen-bond acceptors (Lipinski definition) is 2. The number of carboxylic acid groups (broad SMARTS) is 1. The predicted octanol–water partition coefficient (Wildman–Crippen LogP) is 3.84. The second kappa shape index (κ2) is 5.70. The van der Waals surface area contributed by atoms with Crippen molar-refractivity contribution in [2.45, 2.75) is 51.9 Å². The summed E-state index contributed by atoms with van der Waals surface area (Å²) in [6.45, 7) is 3.00. The third-order valence-electron chi connectivity index (χ3n) is 5.33. The van der Waals surface area contributed by atoms with Crippen LogP contribution in [0.2, 0.25) is 0 Å². The molecule has 1 heterocycles. The van der Waals surface area contributed by atoms with Crippen molar-refractivity contribution in [3.05, 3.63) is 29.3 Å². The molecule has 1 aliphatic carbocycles. The highest BCUT2D eigenvalue weighted by molar-refractivity contribution is 5.74. The lowest BCUT2D eigenvalue weighted by Gasteiger charge is -2.36. The van der Waals surface area contributed by atoms with E-state index in [2.05, 4.69) is 19.1 Å². The van der Waals surface area contributed by atoms with E-state index in [0.717, 1.165) is 57.3 Å². The lowest BCUT2D eigenvalue weighted by atomic mass is 9.68. The Balaban J connectivity index is 1.68. The van der Waals surface area contributed by atoms with Crippen molar-refractivity contribution in [3.63, 3.8) is 0 Å². The minimum atomic E-state index is -0.598. The summed E-state index contributed by atoms with van der Waals surface area (Å²) in [6, 6.07) is 6.32. The van der Waals surface area contributed by atoms with Crippen LogP contribution < -0.4 is 4.74 Å². The van der Waals surface area contributed by atoms with Crippen molar-refractivity contribution >= 4 is 5.97 Å². The van der Waals surface area contributed by atoms with E-state index >= 15 is 0 Å². The molecule has 1 aromatic rings. The maximum absolute atomic E-state index is 11.8. The molecule has 1 aromatic carbocycles. The van der Waals surface area contributed by atoms with Crippen molar-refractivity contribution in [3.8, 4) is 5.75 Å². The van der Waals surface area contributed by atoms with Crippen LogP contribution in [0.1, 0.15) is 50.2 Å². The summed E-state index contributed by atoms with van der Waals surface area (Å²) in [5, 5.41) is 9.69. The summed E-state index contributed by atoms with van der Waals surface area (Å²) in [7, 11) is 0. The molecule has 0 saturated heterocycles. The zero-order valence-electron chi connectivity index (χ0n) is 12.7. The monoisotopic (exact) mass is 288 g/mol. The Labute approximate surface area is 126 Å². The van der Waals surface area contributed by atoms with E-state index in [9.17, 15) is 9.90 Å². The highest BCUT2D eigenvalue weighted by atomic mass is 16.5. The van der Waals surface area contributed by atoms with Crippen LogP contribution in [0.5, 0.6) is 5.75 Å². The number of fused-ring (bicyclic) bond motifs is 1. The summed E-state index contributed by atoms with van der Waals surface area (Å²) < 4.78 is 5.52. The van der Waals surface area contributed by atoms with Gasteiger partial charge in [-0.2, -0.15) is 0 Å². The number of ether oxygens (including phenoxy) is 1. The number of carboxylic acids is 1. The fourth-order valence-corrected chi connectivity index (χ4v) is 3.66. The molecule has 1 aliphatic heterocycles. The van der Waals surface area contributed by atoms with Gasteiger partial charge in [-0.1, -0.05) is 19.1 Å². The molecule has 0 unspecified atom stereocenters. The summed E-state index contributed by atoms with van der Waals surface area (Å²) >= 11 is 0. The van der Waals surface area contributed by atoms with Gasteiger partial charge >= 0.3 is 5.97 Å². The molecule has 3 rings (SSSR count). The summed E-state index contributed by atoms with van der Waals surface area (Å²) in [4.78, 5) is 11.8. The molecule has 3 heteroatoms. The van der Waals surface area contributed by atoms with Gasteiger partial charge in [-0.15, -0.1) is 0 Å². The highest BCUT2D eigenvalue weighted by Crippen LogP contribution is 2.42. The third-order valence-corrected chi connectivity index (χ3v) is 5.33. The molecule has 0 atom stereocenters. The summed E-state index contributed by atoms with van der Waals surface area (Å²) in [5.74, 6) is 1.08. The van der Waals surface area contributed by atoms with E-state index in [4.69, 9.17) is 4.74 Å². The molecule has 3 nitrogen and oxygen atoms in total. The number of aliphatic carboxylic acids is 1. The molecule has 0 bridgehead atoms. The zero-order chi connectivity index (χ0) is 14.9. The van der Waals surface area contributed by atoms with E-state index in [-0.39, 0.29) is 0 Å². The van der Waals surface area contributed by atoms with Gasteiger partial charge in [0.15, 0.2) is 0 Å². The average molecular weight is 288 g/mol. The summed E-state index contributed by atoms with van der Waals surface area (Å²) in [5.41, 5.74) is 2.02. The first-order chi connectivity index (χ1) is 10.1. The molecule has 114 valence electrons. The van der Waals surface area contributed by atoms with Crippen LogP contribution in [0.4, 0.5) is 0 Å². The van der Waals surface area contributed by atoms with Crippen LogP contribution in [0.3, 0.4) is 0 Å². The van der Waals surface area contributed by atoms with Crippen LogP contribution >= 0.6 is 0 Å². The normalized spacial score (nSPS) is 28.0. The highest BCUT2D eigenvalue weighted by Gasteiger charge is 2.40. The van der Waals surface area contributed by atoms with Crippen LogP contribution in [0.25, 0.3) is 0 Å². The first-order valence-corrected chi connectivity index (χ1v) is 8.07. The van der Waals surface area contributed by atoms with Crippen molar-refractivity contribution < 1.29 is 14.6 Å². The number of aryl methyl sites for hydroxylation is 1. The Hall–Kier alpha value is -1.51. The number of carbonyl (C=O) groups is 1. The Morgan fingerprint density at radius 3 is 2.86 bits per heavy atom. The Morgan fingerprint density at radius 2 is 2.14 bits per heavy atom. The predicted molar refractivity (Wildman–Crippen MR) is 81.7 cm³/mol. The molecule has 21 heavy (non-hydrogen) atoms. The van der Waals surface area contributed by atoms with E-state index in [1.54, 1.807) is 0 Å². The van der Waals surface area contributed by atoms with Gasteiger partial charge in [-0.05, 0) is 61.6 Å². The molecule has 1 N–H and O–H groups in total. The second-order valence-electron chi connectivity index (χ2n) is 6.81. The molecule has 0 aromatic heterocycles. The van der Waals surface area contributed by atoms with Crippen LogP contribution in [0.15, 0.2) is 18.2 Å². The van der Waals surface area contributed by atoms with Gasteiger partial charge in [0.1, 0.15) is 5.75 Å². The smallest absolute Gasteiger partial charge is 0.309 e. The molecule has 1 fully saturated rings. The molecular weight excluding hydrogens is 264 g/mol. The Morgan fingerprint density at radius 1 is 1.38 bits per heavy atom. The molecule has 0 spiro atoms. The largest absolute Gasteiger partial charge is 0.493 e. The van der Waals surface area contributed by atoms with Crippen molar-refractivity contribution in [2.24, 2.45) is 11.3 Å². The third kappa shape index (κ3) is 2.92. The fraction of sp³-hybridized carbons (Fsp3) is 0.611. The first kappa shape index (κ1) is 14.4. The minimum Gasteiger partial charge on any atom is -0.493 e. The number of rotatable bonds is 4. The van der Waals surface area contributed by atoms with Crippen LogP contribution in [0, 0.1) is 11.3 Å². The van der Waals surface area contributed by atoms with Gasteiger partial charge in [0, 0.05) is 6.42 Å².